The van der Waals surface area contributed by atoms with Gasteiger partial charge in [0, 0.05) is 18.5 Å². The van der Waals surface area contributed by atoms with E-state index < -0.39 is 5.97 Å². The van der Waals surface area contributed by atoms with E-state index in [1.165, 1.54) is 4.90 Å². The van der Waals surface area contributed by atoms with Crippen LogP contribution in [-0.4, -0.2) is 28.8 Å². The molecule has 142 valence electrons. The van der Waals surface area contributed by atoms with Crippen molar-refractivity contribution in [1.29, 1.82) is 0 Å². The number of carboxylic acid groups (broad SMARTS) is 1. The molecule has 27 heavy (non-hydrogen) atoms. The lowest BCUT2D eigenvalue weighted by atomic mass is 9.81. The number of imide groups is 1. The van der Waals surface area contributed by atoms with Gasteiger partial charge in [-0.25, -0.2) is 0 Å². The van der Waals surface area contributed by atoms with Crippen molar-refractivity contribution < 1.29 is 24.3 Å². The van der Waals surface area contributed by atoms with E-state index in [0.29, 0.717) is 23.2 Å². The fourth-order valence-corrected chi connectivity index (χ4v) is 4.98. The molecule has 2 N–H and O–H groups in total. The number of aliphatic carboxylic acids is 1. The second kappa shape index (κ2) is 6.79. The van der Waals surface area contributed by atoms with Gasteiger partial charge in [0.1, 0.15) is 0 Å². The molecule has 3 aliphatic rings. The Morgan fingerprint density at radius 3 is 2.15 bits per heavy atom. The van der Waals surface area contributed by atoms with Gasteiger partial charge < -0.3 is 10.4 Å². The van der Waals surface area contributed by atoms with Gasteiger partial charge in [0.2, 0.25) is 17.7 Å². The van der Waals surface area contributed by atoms with E-state index in [2.05, 4.69) is 5.32 Å². The number of carbonyl (C=O) groups is 4. The van der Waals surface area contributed by atoms with Gasteiger partial charge >= 0.3 is 5.97 Å². The van der Waals surface area contributed by atoms with Gasteiger partial charge in [0.05, 0.1) is 17.5 Å². The third kappa shape index (κ3) is 3.11. The molecule has 0 spiro atoms. The van der Waals surface area contributed by atoms with Crippen LogP contribution in [0.2, 0.25) is 0 Å². The molecule has 7 heteroatoms. The number of anilines is 2. The average Bonchev–Trinajstić information content (AvgIpc) is 3.30. The Labute approximate surface area is 156 Å². The molecule has 2 saturated carbocycles. The SMILES string of the molecule is O=C(O)CCCC(=O)Nc1ccc(N2C(=O)[C@H]3[C@@H]4CC[C@@H](C4)[C@@H]3C2=O)cc1. The zero-order chi connectivity index (χ0) is 19.1. The molecule has 0 unspecified atom stereocenters. The molecule has 3 amide bonds. The Morgan fingerprint density at radius 2 is 1.59 bits per heavy atom. The summed E-state index contributed by atoms with van der Waals surface area (Å²) in [5.41, 5.74) is 1.10. The zero-order valence-corrected chi connectivity index (χ0v) is 14.9. The molecular weight excluding hydrogens is 348 g/mol. The van der Waals surface area contributed by atoms with Gasteiger partial charge in [-0.2, -0.15) is 0 Å². The number of fused-ring (bicyclic) bond motifs is 5. The predicted molar refractivity (Wildman–Crippen MR) is 96.9 cm³/mol. The van der Waals surface area contributed by atoms with Crippen LogP contribution in [0.15, 0.2) is 24.3 Å². The van der Waals surface area contributed by atoms with E-state index in [0.717, 1.165) is 19.3 Å². The molecule has 2 aliphatic carbocycles. The Morgan fingerprint density at radius 1 is 1.00 bits per heavy atom. The Hall–Kier alpha value is -2.70. The largest absolute Gasteiger partial charge is 0.481 e. The molecule has 0 aromatic heterocycles. The van der Waals surface area contributed by atoms with Crippen LogP contribution in [-0.2, 0) is 19.2 Å². The van der Waals surface area contributed by atoms with Crippen molar-refractivity contribution in [3.63, 3.8) is 0 Å². The zero-order valence-electron chi connectivity index (χ0n) is 14.9. The average molecular weight is 370 g/mol. The van der Waals surface area contributed by atoms with Crippen molar-refractivity contribution in [1.82, 2.24) is 0 Å². The predicted octanol–water partition coefficient (Wildman–Crippen LogP) is 2.42. The lowest BCUT2D eigenvalue weighted by Gasteiger charge is -2.19. The summed E-state index contributed by atoms with van der Waals surface area (Å²) >= 11 is 0. The van der Waals surface area contributed by atoms with E-state index in [1.54, 1.807) is 24.3 Å². The van der Waals surface area contributed by atoms with Gasteiger partial charge in [-0.1, -0.05) is 0 Å². The van der Waals surface area contributed by atoms with Gasteiger partial charge in [0.15, 0.2) is 0 Å². The maximum absolute atomic E-state index is 12.8. The number of amides is 3. The summed E-state index contributed by atoms with van der Waals surface area (Å²) < 4.78 is 0. The summed E-state index contributed by atoms with van der Waals surface area (Å²) in [5, 5.41) is 11.3. The van der Waals surface area contributed by atoms with Crippen molar-refractivity contribution >= 4 is 35.1 Å². The van der Waals surface area contributed by atoms with Crippen molar-refractivity contribution in [3.8, 4) is 0 Å². The first-order valence-corrected chi connectivity index (χ1v) is 9.45. The Bertz CT molecular complexity index is 775. The van der Waals surface area contributed by atoms with E-state index in [-0.39, 0.29) is 48.8 Å². The number of nitrogens with zero attached hydrogens (tertiary/aromatic N) is 1. The van der Waals surface area contributed by atoms with Crippen LogP contribution in [0.5, 0.6) is 0 Å². The Balaban J connectivity index is 1.41. The third-order valence-corrected chi connectivity index (χ3v) is 6.13. The van der Waals surface area contributed by atoms with Crippen molar-refractivity contribution in [2.45, 2.75) is 38.5 Å². The molecule has 1 aliphatic heterocycles. The lowest BCUT2D eigenvalue weighted by molar-refractivity contribution is -0.137. The van der Waals surface area contributed by atoms with Crippen molar-refractivity contribution in [3.05, 3.63) is 24.3 Å². The topological polar surface area (TPSA) is 104 Å². The molecule has 7 nitrogen and oxygen atoms in total. The molecule has 0 radical (unpaired) electrons. The molecule has 1 aromatic rings. The normalized spacial score (nSPS) is 28.5. The molecule has 2 bridgehead atoms. The number of carboxylic acids is 1. The monoisotopic (exact) mass is 370 g/mol. The summed E-state index contributed by atoms with van der Waals surface area (Å²) in [6.07, 6.45) is 3.46. The smallest absolute Gasteiger partial charge is 0.303 e. The first kappa shape index (κ1) is 17.7. The van der Waals surface area contributed by atoms with Crippen LogP contribution in [0.25, 0.3) is 0 Å². The van der Waals surface area contributed by atoms with Crippen LogP contribution in [0.1, 0.15) is 38.5 Å². The molecule has 1 aromatic carbocycles. The first-order valence-electron chi connectivity index (χ1n) is 9.45. The molecule has 1 saturated heterocycles. The van der Waals surface area contributed by atoms with E-state index in [1.807, 2.05) is 0 Å². The Kier molecular flexibility index (Phi) is 4.45. The molecule has 3 fully saturated rings. The maximum atomic E-state index is 12.8. The lowest BCUT2D eigenvalue weighted by Crippen LogP contribution is -2.32. The standard InChI is InChI=1S/C20H22N2O5/c23-15(2-1-3-16(24)25)21-13-6-8-14(9-7-13)22-19(26)17-11-4-5-12(10-11)18(17)20(22)27/h6-9,11-12,17-18H,1-5,10H2,(H,21,23)(H,24,25)/t11-,12+,17-,18-/m0/s1. The van der Waals surface area contributed by atoms with Gasteiger partial charge in [-0.3, -0.25) is 24.1 Å². The van der Waals surface area contributed by atoms with Crippen LogP contribution in [0.4, 0.5) is 11.4 Å². The van der Waals surface area contributed by atoms with Gasteiger partial charge in [-0.15, -0.1) is 0 Å². The summed E-state index contributed by atoms with van der Waals surface area (Å²) in [6, 6.07) is 6.67. The minimum absolute atomic E-state index is 0.0458. The second-order valence-electron chi connectivity index (χ2n) is 7.74. The van der Waals surface area contributed by atoms with E-state index in [9.17, 15) is 19.2 Å². The molecule has 4 rings (SSSR count). The number of nitrogens with one attached hydrogen (secondary N) is 1. The maximum Gasteiger partial charge on any atom is 0.303 e. The first-order chi connectivity index (χ1) is 13.0. The highest BCUT2D eigenvalue weighted by Gasteiger charge is 2.61. The quantitative estimate of drug-likeness (QED) is 0.749. The molecular formula is C20H22N2O5. The third-order valence-electron chi connectivity index (χ3n) is 6.13. The number of carbonyl (C=O) groups excluding carboxylic acids is 3. The second-order valence-corrected chi connectivity index (χ2v) is 7.74. The van der Waals surface area contributed by atoms with Crippen LogP contribution in [0.3, 0.4) is 0 Å². The number of benzene rings is 1. The van der Waals surface area contributed by atoms with Gasteiger partial charge in [-0.05, 0) is 61.8 Å². The summed E-state index contributed by atoms with van der Waals surface area (Å²) in [5.74, 6) is -0.939. The highest BCUT2D eigenvalue weighted by molar-refractivity contribution is 6.22. The van der Waals surface area contributed by atoms with Crippen LogP contribution in [0, 0.1) is 23.7 Å². The van der Waals surface area contributed by atoms with Crippen LogP contribution >= 0.6 is 0 Å². The number of rotatable bonds is 6. The molecule has 4 atom stereocenters. The van der Waals surface area contributed by atoms with Gasteiger partial charge in [0.25, 0.3) is 0 Å². The number of hydrogen-bond acceptors (Lipinski definition) is 4. The number of hydrogen-bond donors (Lipinski definition) is 2. The molecule has 1 heterocycles. The fourth-order valence-electron chi connectivity index (χ4n) is 4.98. The summed E-state index contributed by atoms with van der Waals surface area (Å²) in [6.45, 7) is 0. The van der Waals surface area contributed by atoms with E-state index in [4.69, 9.17) is 5.11 Å². The highest BCUT2D eigenvalue weighted by atomic mass is 16.4. The van der Waals surface area contributed by atoms with Crippen molar-refractivity contribution in [2.24, 2.45) is 23.7 Å². The minimum atomic E-state index is -0.926. The van der Waals surface area contributed by atoms with Crippen LogP contribution < -0.4 is 10.2 Å². The highest BCUT2D eigenvalue weighted by Crippen LogP contribution is 2.56. The van der Waals surface area contributed by atoms with E-state index >= 15 is 0 Å². The van der Waals surface area contributed by atoms with Crippen molar-refractivity contribution in [2.75, 3.05) is 10.2 Å². The summed E-state index contributed by atoms with van der Waals surface area (Å²) in [7, 11) is 0. The summed E-state index contributed by atoms with van der Waals surface area (Å²) in [4.78, 5) is 49.2. The minimum Gasteiger partial charge on any atom is -0.481 e. The fraction of sp³-hybridized carbons (Fsp3) is 0.500.